The van der Waals surface area contributed by atoms with E-state index < -0.39 is 21.4 Å². The van der Waals surface area contributed by atoms with E-state index in [1.807, 2.05) is 6.07 Å². The van der Waals surface area contributed by atoms with Gasteiger partial charge in [-0.3, -0.25) is 0 Å². The minimum Gasteiger partial charge on any atom is -0.497 e. The highest BCUT2D eigenvalue weighted by atomic mass is 32.2. The summed E-state index contributed by atoms with van der Waals surface area (Å²) in [5.41, 5.74) is -0.992. The van der Waals surface area contributed by atoms with E-state index in [4.69, 9.17) is 9.47 Å². The molecule has 1 aliphatic rings. The topological polar surface area (TPSA) is 96.6 Å². The molecule has 0 saturated carbocycles. The Kier molecular flexibility index (Phi) is 4.12. The van der Waals surface area contributed by atoms with Crippen LogP contribution in [0.2, 0.25) is 0 Å². The number of hydrogen-bond acceptors (Lipinski definition) is 6. The Morgan fingerprint density at radius 1 is 1.38 bits per heavy atom. The number of aliphatic hydroxyl groups excluding tert-OH is 1. The van der Waals surface area contributed by atoms with Crippen LogP contribution in [0.1, 0.15) is 18.1 Å². The Hall–Kier alpha value is -1.78. The molecule has 1 heterocycles. The fourth-order valence-corrected chi connectivity index (χ4v) is 4.56. The van der Waals surface area contributed by atoms with Crippen molar-refractivity contribution < 1.29 is 23.0 Å². The van der Waals surface area contributed by atoms with Gasteiger partial charge in [0.2, 0.25) is 0 Å². The lowest BCUT2D eigenvalue weighted by molar-refractivity contribution is 0.0766. The molecule has 1 aliphatic heterocycles. The van der Waals surface area contributed by atoms with Gasteiger partial charge in [-0.2, -0.15) is 5.26 Å². The average molecular weight is 311 g/mol. The maximum Gasteiger partial charge on any atom is 0.152 e. The Morgan fingerprint density at radius 3 is 2.57 bits per heavy atom. The predicted molar refractivity (Wildman–Crippen MR) is 75.8 cm³/mol. The van der Waals surface area contributed by atoms with Crippen molar-refractivity contribution in [2.24, 2.45) is 5.41 Å². The molecular weight excluding hydrogens is 294 g/mol. The van der Waals surface area contributed by atoms with Gasteiger partial charge in [0.1, 0.15) is 23.0 Å². The van der Waals surface area contributed by atoms with Gasteiger partial charge in [-0.05, 0) is 24.6 Å². The van der Waals surface area contributed by atoms with Crippen LogP contribution < -0.4 is 9.47 Å². The number of sulfone groups is 1. The van der Waals surface area contributed by atoms with Crippen molar-refractivity contribution in [2.75, 3.05) is 25.7 Å². The molecule has 0 spiro atoms. The van der Waals surface area contributed by atoms with Crippen molar-refractivity contribution in [2.45, 2.75) is 12.5 Å². The van der Waals surface area contributed by atoms with Gasteiger partial charge in [-0.1, -0.05) is 0 Å². The van der Waals surface area contributed by atoms with Gasteiger partial charge >= 0.3 is 0 Å². The molecule has 0 radical (unpaired) electrons. The zero-order valence-corrected chi connectivity index (χ0v) is 12.7. The monoisotopic (exact) mass is 311 g/mol. The largest absolute Gasteiger partial charge is 0.497 e. The molecule has 0 amide bonds. The lowest BCUT2D eigenvalue weighted by atomic mass is 9.79. The second-order valence-corrected chi connectivity index (χ2v) is 7.30. The van der Waals surface area contributed by atoms with E-state index in [9.17, 15) is 18.8 Å². The highest BCUT2D eigenvalue weighted by molar-refractivity contribution is 7.91. The number of rotatable bonds is 4. The third-order valence-electron chi connectivity index (χ3n) is 3.81. The molecule has 0 aromatic heterocycles. The van der Waals surface area contributed by atoms with Crippen LogP contribution in [0, 0.1) is 16.7 Å². The second-order valence-electron chi connectivity index (χ2n) is 5.12. The number of nitriles is 1. The van der Waals surface area contributed by atoms with Crippen LogP contribution in [-0.4, -0.2) is 39.2 Å². The molecule has 1 fully saturated rings. The van der Waals surface area contributed by atoms with Crippen LogP contribution in [0.3, 0.4) is 0 Å². The zero-order chi connectivity index (χ0) is 15.7. The third-order valence-corrected chi connectivity index (χ3v) is 5.60. The molecular formula is C14H17NO5S. The Morgan fingerprint density at radius 2 is 2.10 bits per heavy atom. The number of nitrogens with zero attached hydrogens (tertiary/aromatic N) is 1. The van der Waals surface area contributed by atoms with Gasteiger partial charge in [0.05, 0.1) is 31.8 Å². The van der Waals surface area contributed by atoms with Crippen molar-refractivity contribution >= 4 is 9.84 Å². The Bertz CT molecular complexity index is 679. The van der Waals surface area contributed by atoms with Gasteiger partial charge < -0.3 is 14.6 Å². The quantitative estimate of drug-likeness (QED) is 0.893. The van der Waals surface area contributed by atoms with Crippen molar-refractivity contribution in [3.63, 3.8) is 0 Å². The van der Waals surface area contributed by atoms with E-state index in [0.29, 0.717) is 17.1 Å². The fraction of sp³-hybridized carbons (Fsp3) is 0.500. The SMILES string of the molecule is COc1ccc(OC)c(C(O)C2(C#N)CCS(=O)(=O)C2)c1. The molecule has 2 atom stereocenters. The fourth-order valence-electron chi connectivity index (χ4n) is 2.59. The molecule has 1 saturated heterocycles. The lowest BCUT2D eigenvalue weighted by Gasteiger charge is -2.27. The minimum atomic E-state index is -3.31. The summed E-state index contributed by atoms with van der Waals surface area (Å²) in [5.74, 6) is 0.447. The van der Waals surface area contributed by atoms with Crippen molar-refractivity contribution in [1.82, 2.24) is 0 Å². The van der Waals surface area contributed by atoms with E-state index in [1.165, 1.54) is 14.2 Å². The van der Waals surface area contributed by atoms with Crippen LogP contribution in [0.4, 0.5) is 0 Å². The summed E-state index contributed by atoms with van der Waals surface area (Å²) in [6, 6.07) is 6.84. The third kappa shape index (κ3) is 2.82. The van der Waals surface area contributed by atoms with E-state index >= 15 is 0 Å². The lowest BCUT2D eigenvalue weighted by Crippen LogP contribution is -2.29. The van der Waals surface area contributed by atoms with Crippen molar-refractivity contribution in [1.29, 1.82) is 5.26 Å². The summed E-state index contributed by atoms with van der Waals surface area (Å²) in [6.45, 7) is 0. The standard InChI is InChI=1S/C14H17NO5S/c1-19-10-3-4-12(20-2)11(7-10)13(16)14(8-15)5-6-21(17,18)9-14/h3-4,7,13,16H,5-6,9H2,1-2H3. The van der Waals surface area contributed by atoms with E-state index in [1.54, 1.807) is 18.2 Å². The zero-order valence-electron chi connectivity index (χ0n) is 11.9. The summed E-state index contributed by atoms with van der Waals surface area (Å²) in [6.07, 6.45) is -1.15. The molecule has 7 heteroatoms. The van der Waals surface area contributed by atoms with Crippen LogP contribution in [-0.2, 0) is 9.84 Å². The number of ether oxygens (including phenoxy) is 2. The number of benzene rings is 1. The van der Waals surface area contributed by atoms with Crippen LogP contribution in [0.15, 0.2) is 18.2 Å². The van der Waals surface area contributed by atoms with Gasteiger partial charge in [0, 0.05) is 5.56 Å². The smallest absolute Gasteiger partial charge is 0.152 e. The predicted octanol–water partition coefficient (Wildman–Crippen LogP) is 1.07. The molecule has 2 unspecified atom stereocenters. The number of hydrogen-bond donors (Lipinski definition) is 1. The van der Waals surface area contributed by atoms with Gasteiger partial charge in [-0.25, -0.2) is 8.42 Å². The van der Waals surface area contributed by atoms with Crippen LogP contribution in [0.5, 0.6) is 11.5 Å². The molecule has 114 valence electrons. The second kappa shape index (κ2) is 5.54. The summed E-state index contributed by atoms with van der Waals surface area (Å²) < 4.78 is 33.7. The van der Waals surface area contributed by atoms with Crippen LogP contribution >= 0.6 is 0 Å². The average Bonchev–Trinajstić information content (AvgIpc) is 2.82. The van der Waals surface area contributed by atoms with E-state index in [0.717, 1.165) is 0 Å². The van der Waals surface area contributed by atoms with Gasteiger partial charge in [0.15, 0.2) is 9.84 Å². The molecule has 6 nitrogen and oxygen atoms in total. The molecule has 1 N–H and O–H groups in total. The highest BCUT2D eigenvalue weighted by Gasteiger charge is 2.49. The summed E-state index contributed by atoms with van der Waals surface area (Å²) in [7, 11) is -0.378. The van der Waals surface area contributed by atoms with Gasteiger partial charge in [0.25, 0.3) is 0 Å². The first-order valence-corrected chi connectivity index (χ1v) is 8.21. The molecule has 0 aliphatic carbocycles. The number of methoxy groups -OCH3 is 2. The first-order chi connectivity index (χ1) is 9.87. The number of aliphatic hydroxyl groups is 1. The minimum absolute atomic E-state index is 0.0933. The van der Waals surface area contributed by atoms with Gasteiger partial charge in [-0.15, -0.1) is 0 Å². The molecule has 21 heavy (non-hydrogen) atoms. The first kappa shape index (κ1) is 15.6. The molecule has 1 aromatic rings. The normalized spacial score (nSPS) is 25.0. The summed E-state index contributed by atoms with van der Waals surface area (Å²) in [5, 5.41) is 20.0. The molecule has 2 rings (SSSR count). The maximum atomic E-state index is 11.7. The summed E-state index contributed by atoms with van der Waals surface area (Å²) >= 11 is 0. The molecule has 1 aromatic carbocycles. The van der Waals surface area contributed by atoms with Crippen LogP contribution in [0.25, 0.3) is 0 Å². The first-order valence-electron chi connectivity index (χ1n) is 6.39. The Balaban J connectivity index is 2.48. The van der Waals surface area contributed by atoms with E-state index in [-0.39, 0.29) is 17.9 Å². The van der Waals surface area contributed by atoms with Crippen molar-refractivity contribution in [3.05, 3.63) is 23.8 Å². The Labute approximate surface area is 123 Å². The summed E-state index contributed by atoms with van der Waals surface area (Å²) in [4.78, 5) is 0. The van der Waals surface area contributed by atoms with Crippen molar-refractivity contribution in [3.8, 4) is 17.6 Å². The van der Waals surface area contributed by atoms with E-state index in [2.05, 4.69) is 0 Å². The highest BCUT2D eigenvalue weighted by Crippen LogP contribution is 2.45. The molecule has 0 bridgehead atoms. The maximum absolute atomic E-state index is 11.7.